The van der Waals surface area contributed by atoms with Gasteiger partial charge in [-0.25, -0.2) is 0 Å². The molecule has 90 valence electrons. The Morgan fingerprint density at radius 2 is 2.38 bits per heavy atom. The van der Waals surface area contributed by atoms with E-state index in [1.807, 2.05) is 19.1 Å². The van der Waals surface area contributed by atoms with Crippen molar-refractivity contribution in [3.63, 3.8) is 0 Å². The van der Waals surface area contributed by atoms with Crippen LogP contribution >= 0.6 is 0 Å². The number of carbonyl (C=O) groups excluding carboxylic acids is 1. The van der Waals surface area contributed by atoms with E-state index in [1.54, 1.807) is 6.26 Å². The number of unbranched alkanes of at least 4 members (excludes halogenated alkanes) is 1. The maximum atomic E-state index is 11.6. The van der Waals surface area contributed by atoms with E-state index in [1.165, 1.54) is 0 Å². The van der Waals surface area contributed by atoms with Gasteiger partial charge in [-0.3, -0.25) is 10.1 Å². The maximum absolute atomic E-state index is 11.6. The molecule has 1 amide bonds. The Balaban J connectivity index is 2.18. The molecule has 1 aromatic rings. The van der Waals surface area contributed by atoms with Crippen LogP contribution in [0.2, 0.25) is 0 Å². The Morgan fingerprint density at radius 3 is 3.00 bits per heavy atom. The standard InChI is InChI=1S/C12H20N2O2/c1-3-4-7-13-12(15)10(2)14-9-11-6-5-8-16-11/h5-6,8,10,14H,3-4,7,9H2,1-2H3,(H,13,15). The molecule has 0 aliphatic rings. The summed E-state index contributed by atoms with van der Waals surface area (Å²) in [7, 11) is 0. The summed E-state index contributed by atoms with van der Waals surface area (Å²) in [6, 6.07) is 3.53. The Labute approximate surface area is 96.4 Å². The highest BCUT2D eigenvalue weighted by molar-refractivity contribution is 5.81. The van der Waals surface area contributed by atoms with Crippen LogP contribution in [-0.2, 0) is 11.3 Å². The van der Waals surface area contributed by atoms with Gasteiger partial charge in [0.2, 0.25) is 5.91 Å². The minimum absolute atomic E-state index is 0.0417. The molecule has 1 atom stereocenters. The van der Waals surface area contributed by atoms with Crippen LogP contribution in [0.5, 0.6) is 0 Å². The molecule has 16 heavy (non-hydrogen) atoms. The van der Waals surface area contributed by atoms with Gasteiger partial charge < -0.3 is 9.73 Å². The van der Waals surface area contributed by atoms with Crippen molar-refractivity contribution in [2.45, 2.75) is 39.3 Å². The highest BCUT2D eigenvalue weighted by atomic mass is 16.3. The quantitative estimate of drug-likeness (QED) is 0.693. The first kappa shape index (κ1) is 12.8. The van der Waals surface area contributed by atoms with Gasteiger partial charge in [0.1, 0.15) is 5.76 Å². The van der Waals surface area contributed by atoms with Crippen LogP contribution in [0.25, 0.3) is 0 Å². The van der Waals surface area contributed by atoms with Crippen molar-refractivity contribution in [3.05, 3.63) is 24.2 Å². The first-order valence-corrected chi connectivity index (χ1v) is 5.77. The zero-order valence-electron chi connectivity index (χ0n) is 9.95. The Morgan fingerprint density at radius 1 is 1.56 bits per heavy atom. The van der Waals surface area contributed by atoms with Crippen molar-refractivity contribution in [1.82, 2.24) is 10.6 Å². The minimum Gasteiger partial charge on any atom is -0.468 e. The van der Waals surface area contributed by atoms with Gasteiger partial charge in [-0.05, 0) is 25.5 Å². The first-order chi connectivity index (χ1) is 7.74. The predicted molar refractivity (Wildman–Crippen MR) is 62.9 cm³/mol. The van der Waals surface area contributed by atoms with Crippen molar-refractivity contribution in [3.8, 4) is 0 Å². The molecule has 0 saturated carbocycles. The number of furan rings is 1. The van der Waals surface area contributed by atoms with E-state index >= 15 is 0 Å². The highest BCUT2D eigenvalue weighted by Crippen LogP contribution is 1.99. The molecule has 0 spiro atoms. The third-order valence-electron chi connectivity index (χ3n) is 2.39. The molecule has 1 unspecified atom stereocenters. The molecule has 0 radical (unpaired) electrons. The summed E-state index contributed by atoms with van der Waals surface area (Å²) in [5.41, 5.74) is 0. The number of nitrogens with one attached hydrogen (secondary N) is 2. The average Bonchev–Trinajstić information content (AvgIpc) is 2.79. The Hall–Kier alpha value is -1.29. The van der Waals surface area contributed by atoms with Gasteiger partial charge in [0.05, 0.1) is 18.8 Å². The van der Waals surface area contributed by atoms with E-state index in [4.69, 9.17) is 4.42 Å². The molecule has 0 bridgehead atoms. The molecule has 0 saturated heterocycles. The number of amides is 1. The van der Waals surface area contributed by atoms with Gasteiger partial charge in [0, 0.05) is 6.54 Å². The van der Waals surface area contributed by atoms with Crippen molar-refractivity contribution in [1.29, 1.82) is 0 Å². The molecule has 0 aromatic carbocycles. The van der Waals surface area contributed by atoms with Crippen LogP contribution in [0.3, 0.4) is 0 Å². The predicted octanol–water partition coefficient (Wildman–Crippen LogP) is 1.67. The Kier molecular flexibility index (Phi) is 5.64. The number of hydrogen-bond donors (Lipinski definition) is 2. The lowest BCUT2D eigenvalue weighted by molar-refractivity contribution is -0.122. The zero-order chi connectivity index (χ0) is 11.8. The number of hydrogen-bond acceptors (Lipinski definition) is 3. The van der Waals surface area contributed by atoms with Crippen LogP contribution in [0, 0.1) is 0 Å². The van der Waals surface area contributed by atoms with Crippen LogP contribution < -0.4 is 10.6 Å². The maximum Gasteiger partial charge on any atom is 0.236 e. The average molecular weight is 224 g/mol. The van der Waals surface area contributed by atoms with E-state index < -0.39 is 0 Å². The lowest BCUT2D eigenvalue weighted by atomic mass is 10.3. The molecule has 1 heterocycles. The lowest BCUT2D eigenvalue weighted by Gasteiger charge is -2.12. The van der Waals surface area contributed by atoms with Crippen molar-refractivity contribution in [2.24, 2.45) is 0 Å². The van der Waals surface area contributed by atoms with Gasteiger partial charge >= 0.3 is 0 Å². The molecule has 2 N–H and O–H groups in total. The Bertz CT molecular complexity index is 296. The first-order valence-electron chi connectivity index (χ1n) is 5.77. The summed E-state index contributed by atoms with van der Waals surface area (Å²) in [6.45, 7) is 5.28. The third kappa shape index (κ3) is 4.49. The highest BCUT2D eigenvalue weighted by Gasteiger charge is 2.11. The van der Waals surface area contributed by atoms with Crippen LogP contribution in [0.4, 0.5) is 0 Å². The largest absolute Gasteiger partial charge is 0.468 e. The monoisotopic (exact) mass is 224 g/mol. The van der Waals surface area contributed by atoms with Crippen LogP contribution in [0.1, 0.15) is 32.4 Å². The van der Waals surface area contributed by atoms with Gasteiger partial charge in [-0.15, -0.1) is 0 Å². The van der Waals surface area contributed by atoms with Gasteiger partial charge in [0.15, 0.2) is 0 Å². The van der Waals surface area contributed by atoms with Crippen LogP contribution in [-0.4, -0.2) is 18.5 Å². The van der Waals surface area contributed by atoms with Gasteiger partial charge in [-0.2, -0.15) is 0 Å². The molecule has 4 heteroatoms. The van der Waals surface area contributed by atoms with Gasteiger partial charge in [0.25, 0.3) is 0 Å². The zero-order valence-corrected chi connectivity index (χ0v) is 9.95. The minimum atomic E-state index is -0.193. The van der Waals surface area contributed by atoms with Crippen molar-refractivity contribution >= 4 is 5.91 Å². The lowest BCUT2D eigenvalue weighted by Crippen LogP contribution is -2.42. The summed E-state index contributed by atoms with van der Waals surface area (Å²) < 4.78 is 5.17. The molecular weight excluding hydrogens is 204 g/mol. The third-order valence-corrected chi connectivity index (χ3v) is 2.39. The summed E-state index contributed by atoms with van der Waals surface area (Å²) in [5, 5.41) is 5.99. The fourth-order valence-corrected chi connectivity index (χ4v) is 1.30. The molecule has 0 fully saturated rings. The molecule has 1 rings (SSSR count). The topological polar surface area (TPSA) is 54.3 Å². The summed E-state index contributed by atoms with van der Waals surface area (Å²) in [6.07, 6.45) is 3.74. The smallest absolute Gasteiger partial charge is 0.236 e. The number of rotatable bonds is 7. The molecule has 4 nitrogen and oxygen atoms in total. The molecule has 0 aliphatic carbocycles. The summed E-state index contributed by atoms with van der Waals surface area (Å²) >= 11 is 0. The van der Waals surface area contributed by atoms with E-state index in [-0.39, 0.29) is 11.9 Å². The second-order valence-electron chi connectivity index (χ2n) is 3.83. The fourth-order valence-electron chi connectivity index (χ4n) is 1.30. The molecule has 1 aromatic heterocycles. The fraction of sp³-hybridized carbons (Fsp3) is 0.583. The van der Waals surface area contributed by atoms with Gasteiger partial charge in [-0.1, -0.05) is 13.3 Å². The second kappa shape index (κ2) is 7.06. The van der Waals surface area contributed by atoms with Crippen LogP contribution in [0.15, 0.2) is 22.8 Å². The molecule has 0 aliphatic heterocycles. The summed E-state index contributed by atoms with van der Waals surface area (Å²) in [5.74, 6) is 0.883. The van der Waals surface area contributed by atoms with E-state index in [0.717, 1.165) is 25.1 Å². The van der Waals surface area contributed by atoms with E-state index in [9.17, 15) is 4.79 Å². The van der Waals surface area contributed by atoms with E-state index in [2.05, 4.69) is 17.6 Å². The second-order valence-corrected chi connectivity index (χ2v) is 3.83. The normalized spacial score (nSPS) is 12.4. The SMILES string of the molecule is CCCCNC(=O)C(C)NCc1ccco1. The molecular formula is C12H20N2O2. The number of carbonyl (C=O) groups is 1. The van der Waals surface area contributed by atoms with Crippen molar-refractivity contribution < 1.29 is 9.21 Å². The summed E-state index contributed by atoms with van der Waals surface area (Å²) in [4.78, 5) is 11.6. The van der Waals surface area contributed by atoms with E-state index in [0.29, 0.717) is 6.54 Å². The van der Waals surface area contributed by atoms with Crippen molar-refractivity contribution in [2.75, 3.05) is 6.54 Å².